The molecule has 1 aliphatic heterocycles. The van der Waals surface area contributed by atoms with Crippen LogP contribution >= 0.6 is 0 Å². The molecule has 1 fully saturated rings. The monoisotopic (exact) mass is 220 g/mol. The van der Waals surface area contributed by atoms with Crippen molar-refractivity contribution in [1.82, 2.24) is 20.2 Å². The first-order chi connectivity index (χ1) is 7.70. The van der Waals surface area contributed by atoms with E-state index in [1.54, 1.807) is 0 Å². The second-order valence-electron chi connectivity index (χ2n) is 4.41. The van der Waals surface area contributed by atoms with Gasteiger partial charge in [0.1, 0.15) is 5.82 Å². The quantitative estimate of drug-likeness (QED) is 0.805. The van der Waals surface area contributed by atoms with Gasteiger partial charge in [-0.1, -0.05) is 6.92 Å². The number of rotatable bonds is 2. The van der Waals surface area contributed by atoms with Crippen molar-refractivity contribution in [2.24, 2.45) is 0 Å². The van der Waals surface area contributed by atoms with Crippen LogP contribution in [0.15, 0.2) is 6.07 Å². The first-order valence-electron chi connectivity index (χ1n) is 5.96. The summed E-state index contributed by atoms with van der Waals surface area (Å²) in [5, 5.41) is 3.40. The SMILES string of the molecule is CCc1cc(C)nc(C2CNCCN2C)n1. The predicted octanol–water partition coefficient (Wildman–Crippen LogP) is 0.924. The summed E-state index contributed by atoms with van der Waals surface area (Å²) in [7, 11) is 2.14. The van der Waals surface area contributed by atoms with Crippen LogP contribution in [0.4, 0.5) is 0 Å². The summed E-state index contributed by atoms with van der Waals surface area (Å²) in [5.74, 6) is 0.964. The lowest BCUT2D eigenvalue weighted by atomic mass is 10.1. The van der Waals surface area contributed by atoms with Gasteiger partial charge >= 0.3 is 0 Å². The highest BCUT2D eigenvalue weighted by molar-refractivity contribution is 5.12. The Hall–Kier alpha value is -1.00. The fourth-order valence-electron chi connectivity index (χ4n) is 2.08. The Balaban J connectivity index is 2.27. The number of likely N-dealkylation sites (N-methyl/N-ethyl adjacent to an activating group) is 1. The molecule has 0 saturated carbocycles. The second kappa shape index (κ2) is 4.89. The van der Waals surface area contributed by atoms with Gasteiger partial charge in [0.05, 0.1) is 6.04 Å². The van der Waals surface area contributed by atoms with Crippen molar-refractivity contribution in [3.63, 3.8) is 0 Å². The van der Waals surface area contributed by atoms with Crippen molar-refractivity contribution in [3.05, 3.63) is 23.3 Å². The van der Waals surface area contributed by atoms with Gasteiger partial charge in [-0.2, -0.15) is 0 Å². The molecule has 88 valence electrons. The van der Waals surface area contributed by atoms with Gasteiger partial charge in [-0.25, -0.2) is 9.97 Å². The van der Waals surface area contributed by atoms with Crippen molar-refractivity contribution in [3.8, 4) is 0 Å². The smallest absolute Gasteiger partial charge is 0.147 e. The summed E-state index contributed by atoms with van der Waals surface area (Å²) < 4.78 is 0. The van der Waals surface area contributed by atoms with E-state index in [-0.39, 0.29) is 0 Å². The van der Waals surface area contributed by atoms with Crippen molar-refractivity contribution < 1.29 is 0 Å². The van der Waals surface area contributed by atoms with Gasteiger partial charge in [0, 0.05) is 31.0 Å². The second-order valence-corrected chi connectivity index (χ2v) is 4.41. The van der Waals surface area contributed by atoms with E-state index in [1.807, 2.05) is 6.92 Å². The highest BCUT2D eigenvalue weighted by Crippen LogP contribution is 2.17. The summed E-state index contributed by atoms with van der Waals surface area (Å²) in [6, 6.07) is 2.39. The molecule has 0 aromatic carbocycles. The summed E-state index contributed by atoms with van der Waals surface area (Å²) in [4.78, 5) is 11.5. The predicted molar refractivity (Wildman–Crippen MR) is 64.4 cm³/mol. The van der Waals surface area contributed by atoms with Crippen LogP contribution in [-0.2, 0) is 6.42 Å². The van der Waals surface area contributed by atoms with Crippen LogP contribution in [0.3, 0.4) is 0 Å². The molecule has 0 amide bonds. The maximum absolute atomic E-state index is 4.63. The Morgan fingerprint density at radius 3 is 3.00 bits per heavy atom. The molecular weight excluding hydrogens is 200 g/mol. The topological polar surface area (TPSA) is 41.1 Å². The van der Waals surface area contributed by atoms with Crippen LogP contribution in [0.2, 0.25) is 0 Å². The third kappa shape index (κ3) is 2.39. The lowest BCUT2D eigenvalue weighted by Crippen LogP contribution is -2.44. The molecule has 0 spiro atoms. The van der Waals surface area contributed by atoms with Crippen LogP contribution in [-0.4, -0.2) is 41.5 Å². The highest BCUT2D eigenvalue weighted by atomic mass is 15.2. The van der Waals surface area contributed by atoms with Crippen LogP contribution < -0.4 is 5.32 Å². The lowest BCUT2D eigenvalue weighted by molar-refractivity contribution is 0.193. The zero-order valence-corrected chi connectivity index (χ0v) is 10.3. The molecular formula is C12H20N4. The van der Waals surface area contributed by atoms with Crippen LogP contribution in [0.1, 0.15) is 30.2 Å². The van der Waals surface area contributed by atoms with Gasteiger partial charge < -0.3 is 5.32 Å². The zero-order chi connectivity index (χ0) is 11.5. The van der Waals surface area contributed by atoms with Crippen molar-refractivity contribution in [1.29, 1.82) is 0 Å². The normalized spacial score (nSPS) is 22.3. The fourth-order valence-corrected chi connectivity index (χ4v) is 2.08. The maximum atomic E-state index is 4.63. The third-order valence-corrected chi connectivity index (χ3v) is 3.10. The highest BCUT2D eigenvalue weighted by Gasteiger charge is 2.23. The molecule has 2 heterocycles. The van der Waals surface area contributed by atoms with Crippen LogP contribution in [0.25, 0.3) is 0 Å². The lowest BCUT2D eigenvalue weighted by Gasteiger charge is -2.32. The maximum Gasteiger partial charge on any atom is 0.147 e. The van der Waals surface area contributed by atoms with E-state index in [0.29, 0.717) is 6.04 Å². The molecule has 16 heavy (non-hydrogen) atoms. The number of nitrogens with zero attached hydrogens (tertiary/aromatic N) is 3. The number of nitrogens with one attached hydrogen (secondary N) is 1. The fraction of sp³-hybridized carbons (Fsp3) is 0.667. The number of aromatic nitrogens is 2. The minimum absolute atomic E-state index is 0.318. The van der Waals surface area contributed by atoms with E-state index < -0.39 is 0 Å². The number of hydrogen-bond donors (Lipinski definition) is 1. The van der Waals surface area contributed by atoms with Crippen molar-refractivity contribution >= 4 is 0 Å². The number of aryl methyl sites for hydroxylation is 2. The minimum Gasteiger partial charge on any atom is -0.313 e. The van der Waals surface area contributed by atoms with E-state index in [1.165, 1.54) is 0 Å². The van der Waals surface area contributed by atoms with E-state index >= 15 is 0 Å². The van der Waals surface area contributed by atoms with Crippen molar-refractivity contribution in [2.45, 2.75) is 26.3 Å². The largest absolute Gasteiger partial charge is 0.313 e. The van der Waals surface area contributed by atoms with Gasteiger partial charge in [-0.05, 0) is 26.5 Å². The molecule has 1 unspecified atom stereocenters. The third-order valence-electron chi connectivity index (χ3n) is 3.10. The minimum atomic E-state index is 0.318. The van der Waals surface area contributed by atoms with Crippen molar-refractivity contribution in [2.75, 3.05) is 26.7 Å². The average molecular weight is 220 g/mol. The first-order valence-corrected chi connectivity index (χ1v) is 5.96. The van der Waals surface area contributed by atoms with Gasteiger partial charge in [0.2, 0.25) is 0 Å². The summed E-state index contributed by atoms with van der Waals surface area (Å²) in [6.45, 7) is 7.24. The molecule has 1 saturated heterocycles. The molecule has 0 bridgehead atoms. The van der Waals surface area contributed by atoms with Gasteiger partial charge in [-0.15, -0.1) is 0 Å². The van der Waals surface area contributed by atoms with Crippen LogP contribution in [0.5, 0.6) is 0 Å². The Kier molecular flexibility index (Phi) is 3.51. The van der Waals surface area contributed by atoms with Gasteiger partial charge in [0.25, 0.3) is 0 Å². The molecule has 1 atom stereocenters. The molecule has 2 rings (SSSR count). The van der Waals surface area contributed by atoms with E-state index in [0.717, 1.165) is 43.3 Å². The number of piperazine rings is 1. The molecule has 1 aromatic rings. The zero-order valence-electron chi connectivity index (χ0n) is 10.3. The first kappa shape index (κ1) is 11.5. The van der Waals surface area contributed by atoms with E-state index in [2.05, 4.69) is 40.2 Å². The average Bonchev–Trinajstić information content (AvgIpc) is 2.28. The number of hydrogen-bond acceptors (Lipinski definition) is 4. The standard InChI is InChI=1S/C12H20N4/c1-4-10-7-9(2)14-12(15-10)11-8-13-5-6-16(11)3/h7,11,13H,4-6,8H2,1-3H3. The molecule has 1 N–H and O–H groups in total. The molecule has 1 aliphatic rings. The molecule has 4 heteroatoms. The van der Waals surface area contributed by atoms with Gasteiger partial charge in [-0.3, -0.25) is 4.90 Å². The Labute approximate surface area is 97.1 Å². The Bertz CT molecular complexity index is 364. The Morgan fingerprint density at radius 1 is 1.50 bits per heavy atom. The molecule has 0 radical (unpaired) electrons. The summed E-state index contributed by atoms with van der Waals surface area (Å²) in [5.41, 5.74) is 2.21. The van der Waals surface area contributed by atoms with E-state index in [9.17, 15) is 0 Å². The summed E-state index contributed by atoms with van der Waals surface area (Å²) >= 11 is 0. The molecule has 0 aliphatic carbocycles. The van der Waals surface area contributed by atoms with E-state index in [4.69, 9.17) is 0 Å². The molecule has 4 nitrogen and oxygen atoms in total. The van der Waals surface area contributed by atoms with Gasteiger partial charge in [0.15, 0.2) is 0 Å². The Morgan fingerprint density at radius 2 is 2.31 bits per heavy atom. The van der Waals surface area contributed by atoms with Crippen LogP contribution in [0, 0.1) is 6.92 Å². The molecule has 1 aromatic heterocycles. The summed E-state index contributed by atoms with van der Waals surface area (Å²) in [6.07, 6.45) is 0.972.